The quantitative estimate of drug-likeness (QED) is 0.784. The third kappa shape index (κ3) is 3.27. The molecule has 0 aliphatic heterocycles. The molecule has 2 aromatic rings. The highest BCUT2D eigenvalue weighted by Crippen LogP contribution is 2.28. The Bertz CT molecular complexity index is 527. The zero-order chi connectivity index (χ0) is 13.0. The standard InChI is InChI=1S/C13H14BrClN2O/c1-17-9-10(8-16-17)5-6-18-13-4-2-3-12(15)11(13)7-14/h2-4,8-9H,5-7H2,1H3. The third-order valence-corrected chi connectivity index (χ3v) is 3.53. The number of hydrogen-bond acceptors (Lipinski definition) is 2. The van der Waals surface area contributed by atoms with Crippen LogP contribution in [0.1, 0.15) is 11.1 Å². The summed E-state index contributed by atoms with van der Waals surface area (Å²) in [7, 11) is 1.91. The van der Waals surface area contributed by atoms with Crippen molar-refractivity contribution in [1.29, 1.82) is 0 Å². The minimum absolute atomic E-state index is 0.617. The second kappa shape index (κ2) is 6.25. The van der Waals surface area contributed by atoms with Crippen LogP contribution in [0.15, 0.2) is 30.6 Å². The number of nitrogens with zero attached hydrogens (tertiary/aromatic N) is 2. The van der Waals surface area contributed by atoms with Crippen LogP contribution in [0.25, 0.3) is 0 Å². The Labute approximate surface area is 120 Å². The molecule has 0 amide bonds. The first-order valence-electron chi connectivity index (χ1n) is 5.64. The summed E-state index contributed by atoms with van der Waals surface area (Å²) in [6, 6.07) is 5.70. The van der Waals surface area contributed by atoms with Crippen molar-refractivity contribution in [1.82, 2.24) is 9.78 Å². The first-order valence-corrected chi connectivity index (χ1v) is 7.14. The van der Waals surface area contributed by atoms with E-state index in [1.54, 1.807) is 4.68 Å². The molecule has 1 aromatic carbocycles. The van der Waals surface area contributed by atoms with Crippen LogP contribution in [-0.4, -0.2) is 16.4 Å². The molecule has 2 rings (SSSR count). The van der Waals surface area contributed by atoms with Crippen LogP contribution in [0.5, 0.6) is 5.75 Å². The molecule has 0 spiro atoms. The summed E-state index contributed by atoms with van der Waals surface area (Å²) in [6.45, 7) is 0.617. The third-order valence-electron chi connectivity index (χ3n) is 2.62. The second-order valence-corrected chi connectivity index (χ2v) is 4.94. The second-order valence-electron chi connectivity index (χ2n) is 3.97. The Morgan fingerprint density at radius 1 is 1.44 bits per heavy atom. The van der Waals surface area contributed by atoms with Crippen molar-refractivity contribution >= 4 is 27.5 Å². The van der Waals surface area contributed by atoms with E-state index in [2.05, 4.69) is 21.0 Å². The molecule has 0 saturated heterocycles. The predicted molar refractivity (Wildman–Crippen MR) is 76.5 cm³/mol. The lowest BCUT2D eigenvalue weighted by molar-refractivity contribution is 0.319. The number of rotatable bonds is 5. The first kappa shape index (κ1) is 13.4. The Hall–Kier alpha value is -1.00. The van der Waals surface area contributed by atoms with Crippen LogP contribution >= 0.6 is 27.5 Å². The van der Waals surface area contributed by atoms with Crippen molar-refractivity contribution in [2.24, 2.45) is 7.05 Å². The molecular formula is C13H14BrClN2O. The Morgan fingerprint density at radius 2 is 2.28 bits per heavy atom. The van der Waals surface area contributed by atoms with E-state index in [1.165, 1.54) is 5.56 Å². The summed E-state index contributed by atoms with van der Waals surface area (Å²) >= 11 is 9.53. The van der Waals surface area contributed by atoms with Gasteiger partial charge in [-0.1, -0.05) is 33.6 Å². The lowest BCUT2D eigenvalue weighted by Gasteiger charge is -2.10. The maximum atomic E-state index is 6.11. The van der Waals surface area contributed by atoms with Gasteiger partial charge in [-0.25, -0.2) is 0 Å². The monoisotopic (exact) mass is 328 g/mol. The van der Waals surface area contributed by atoms with E-state index >= 15 is 0 Å². The van der Waals surface area contributed by atoms with Crippen LogP contribution in [0.3, 0.4) is 0 Å². The summed E-state index contributed by atoms with van der Waals surface area (Å²) < 4.78 is 7.56. The van der Waals surface area contributed by atoms with Crippen LogP contribution in [0.4, 0.5) is 0 Å². The maximum absolute atomic E-state index is 6.11. The van der Waals surface area contributed by atoms with Crippen molar-refractivity contribution in [3.8, 4) is 5.75 Å². The number of hydrogen-bond donors (Lipinski definition) is 0. The average Bonchev–Trinajstić information content (AvgIpc) is 2.75. The van der Waals surface area contributed by atoms with Gasteiger partial charge in [-0.05, 0) is 17.7 Å². The summed E-state index contributed by atoms with van der Waals surface area (Å²) in [6.07, 6.45) is 4.68. The molecule has 1 heterocycles. The van der Waals surface area contributed by atoms with Crippen LogP contribution < -0.4 is 4.74 Å². The average molecular weight is 330 g/mol. The van der Waals surface area contributed by atoms with E-state index in [0.717, 1.165) is 22.8 Å². The molecular weight excluding hydrogens is 316 g/mol. The summed E-state index contributed by atoms with van der Waals surface area (Å²) in [5, 5.41) is 5.54. The molecule has 0 aliphatic carbocycles. The fourth-order valence-corrected chi connectivity index (χ4v) is 2.66. The van der Waals surface area contributed by atoms with E-state index in [9.17, 15) is 0 Å². The number of alkyl halides is 1. The molecule has 0 atom stereocenters. The highest BCUT2D eigenvalue weighted by atomic mass is 79.9. The number of aromatic nitrogens is 2. The topological polar surface area (TPSA) is 27.1 Å². The molecule has 0 fully saturated rings. The molecule has 3 nitrogen and oxygen atoms in total. The van der Waals surface area contributed by atoms with Gasteiger partial charge in [0, 0.05) is 35.6 Å². The Morgan fingerprint density at radius 3 is 2.94 bits per heavy atom. The minimum atomic E-state index is 0.617. The summed E-state index contributed by atoms with van der Waals surface area (Å²) in [5.74, 6) is 0.836. The van der Waals surface area contributed by atoms with Gasteiger partial charge in [-0.15, -0.1) is 0 Å². The summed E-state index contributed by atoms with van der Waals surface area (Å²) in [5.41, 5.74) is 2.16. The molecule has 0 aliphatic rings. The van der Waals surface area contributed by atoms with Gasteiger partial charge in [0.2, 0.25) is 0 Å². The molecule has 0 bridgehead atoms. The van der Waals surface area contributed by atoms with E-state index in [-0.39, 0.29) is 0 Å². The van der Waals surface area contributed by atoms with Gasteiger partial charge >= 0.3 is 0 Å². The van der Waals surface area contributed by atoms with Crippen molar-refractivity contribution in [3.05, 3.63) is 46.7 Å². The molecule has 5 heteroatoms. The van der Waals surface area contributed by atoms with Gasteiger partial charge < -0.3 is 4.74 Å². The molecule has 0 radical (unpaired) electrons. The highest BCUT2D eigenvalue weighted by Gasteiger charge is 2.06. The van der Waals surface area contributed by atoms with E-state index < -0.39 is 0 Å². The maximum Gasteiger partial charge on any atom is 0.124 e. The highest BCUT2D eigenvalue weighted by molar-refractivity contribution is 9.08. The Balaban J connectivity index is 1.96. The SMILES string of the molecule is Cn1cc(CCOc2cccc(Cl)c2CBr)cn1. The number of benzene rings is 1. The van der Waals surface area contributed by atoms with Gasteiger partial charge in [0.15, 0.2) is 0 Å². The van der Waals surface area contributed by atoms with Gasteiger partial charge in [-0.3, -0.25) is 4.68 Å². The lowest BCUT2D eigenvalue weighted by atomic mass is 10.2. The minimum Gasteiger partial charge on any atom is -0.493 e. The molecule has 96 valence electrons. The van der Waals surface area contributed by atoms with Gasteiger partial charge in [-0.2, -0.15) is 5.10 Å². The first-order chi connectivity index (χ1) is 8.70. The molecule has 0 saturated carbocycles. The van der Waals surface area contributed by atoms with Crippen molar-refractivity contribution in [2.75, 3.05) is 6.61 Å². The molecule has 0 unspecified atom stereocenters. The Kier molecular flexibility index (Phi) is 4.66. The number of halogens is 2. The van der Waals surface area contributed by atoms with Gasteiger partial charge in [0.25, 0.3) is 0 Å². The lowest BCUT2D eigenvalue weighted by Crippen LogP contribution is -2.02. The zero-order valence-corrected chi connectivity index (χ0v) is 12.4. The van der Waals surface area contributed by atoms with Crippen LogP contribution in [0, 0.1) is 0 Å². The zero-order valence-electron chi connectivity index (χ0n) is 10.1. The van der Waals surface area contributed by atoms with Crippen LogP contribution in [0.2, 0.25) is 5.02 Å². The van der Waals surface area contributed by atoms with Crippen molar-refractivity contribution < 1.29 is 4.74 Å². The van der Waals surface area contributed by atoms with E-state index in [1.807, 2.05) is 37.6 Å². The summed E-state index contributed by atoms with van der Waals surface area (Å²) in [4.78, 5) is 0. The number of ether oxygens (including phenoxy) is 1. The van der Waals surface area contributed by atoms with Crippen molar-refractivity contribution in [2.45, 2.75) is 11.8 Å². The fraction of sp³-hybridized carbons (Fsp3) is 0.308. The molecule has 1 aromatic heterocycles. The smallest absolute Gasteiger partial charge is 0.124 e. The molecule has 0 N–H and O–H groups in total. The molecule has 18 heavy (non-hydrogen) atoms. The normalized spacial score (nSPS) is 10.6. The van der Waals surface area contributed by atoms with E-state index in [0.29, 0.717) is 11.9 Å². The number of aryl methyl sites for hydroxylation is 1. The largest absolute Gasteiger partial charge is 0.493 e. The van der Waals surface area contributed by atoms with E-state index in [4.69, 9.17) is 16.3 Å². The van der Waals surface area contributed by atoms with Gasteiger partial charge in [0.05, 0.1) is 12.8 Å². The van der Waals surface area contributed by atoms with Crippen LogP contribution in [-0.2, 0) is 18.8 Å². The fourth-order valence-electron chi connectivity index (χ4n) is 1.68. The van der Waals surface area contributed by atoms with Crippen molar-refractivity contribution in [3.63, 3.8) is 0 Å². The predicted octanol–water partition coefficient (Wildman–Crippen LogP) is 3.59. The van der Waals surface area contributed by atoms with Gasteiger partial charge in [0.1, 0.15) is 5.75 Å².